The molecule has 1 aromatic rings. The number of benzene rings is 1. The highest BCUT2D eigenvalue weighted by molar-refractivity contribution is 5.80. The summed E-state index contributed by atoms with van der Waals surface area (Å²) in [5, 5.41) is 3.18. The largest absolute Gasteiger partial charge is 0.491 e. The van der Waals surface area contributed by atoms with Gasteiger partial charge in [0.1, 0.15) is 17.9 Å². The average molecular weight is 251 g/mol. The van der Waals surface area contributed by atoms with Crippen molar-refractivity contribution in [2.75, 3.05) is 13.7 Å². The first-order valence-electron chi connectivity index (χ1n) is 6.02. The molecule has 0 amide bonds. The summed E-state index contributed by atoms with van der Waals surface area (Å²) >= 11 is 0. The van der Waals surface area contributed by atoms with Gasteiger partial charge in [0.05, 0.1) is 7.11 Å². The summed E-state index contributed by atoms with van der Waals surface area (Å²) < 4.78 is 10.5. The second-order valence-electron chi connectivity index (χ2n) is 4.72. The van der Waals surface area contributed by atoms with Gasteiger partial charge in [0.15, 0.2) is 0 Å². The van der Waals surface area contributed by atoms with Gasteiger partial charge in [0.25, 0.3) is 0 Å². The van der Waals surface area contributed by atoms with Crippen LogP contribution in [-0.4, -0.2) is 31.3 Å². The number of nitrogens with one attached hydrogen (secondary N) is 1. The van der Waals surface area contributed by atoms with Gasteiger partial charge in [-0.2, -0.15) is 0 Å². The van der Waals surface area contributed by atoms with Crippen molar-refractivity contribution in [2.45, 2.75) is 32.4 Å². The molecule has 100 valence electrons. The van der Waals surface area contributed by atoms with E-state index < -0.39 is 5.54 Å². The molecule has 0 radical (unpaired) electrons. The van der Waals surface area contributed by atoms with E-state index in [1.165, 1.54) is 7.11 Å². The van der Waals surface area contributed by atoms with Crippen LogP contribution in [0.3, 0.4) is 0 Å². The SMILES string of the molecule is COC(=O)C(C)(COc1ccccc1)NC(C)C. The maximum absolute atomic E-state index is 11.8. The number of ether oxygens (including phenoxy) is 2. The van der Waals surface area contributed by atoms with E-state index in [0.29, 0.717) is 0 Å². The molecule has 0 spiro atoms. The Morgan fingerprint density at radius 1 is 1.33 bits per heavy atom. The Hall–Kier alpha value is -1.55. The van der Waals surface area contributed by atoms with Gasteiger partial charge in [0, 0.05) is 6.04 Å². The van der Waals surface area contributed by atoms with Crippen molar-refractivity contribution in [1.29, 1.82) is 0 Å². The van der Waals surface area contributed by atoms with Gasteiger partial charge in [-0.15, -0.1) is 0 Å². The van der Waals surface area contributed by atoms with Crippen LogP contribution in [0, 0.1) is 0 Å². The highest BCUT2D eigenvalue weighted by atomic mass is 16.5. The van der Waals surface area contributed by atoms with Crippen LogP contribution in [0.25, 0.3) is 0 Å². The van der Waals surface area contributed by atoms with Crippen molar-refractivity contribution in [2.24, 2.45) is 0 Å². The number of methoxy groups -OCH3 is 1. The van der Waals surface area contributed by atoms with Crippen LogP contribution >= 0.6 is 0 Å². The second kappa shape index (κ2) is 6.40. The predicted octanol–water partition coefficient (Wildman–Crippen LogP) is 2.00. The molecule has 0 saturated carbocycles. The Morgan fingerprint density at radius 2 is 1.94 bits per heavy atom. The highest BCUT2D eigenvalue weighted by Crippen LogP contribution is 2.14. The van der Waals surface area contributed by atoms with Gasteiger partial charge in [-0.3, -0.25) is 5.32 Å². The molecule has 1 aromatic carbocycles. The molecule has 1 rings (SSSR count). The summed E-state index contributed by atoms with van der Waals surface area (Å²) in [6.07, 6.45) is 0. The van der Waals surface area contributed by atoms with Gasteiger partial charge >= 0.3 is 5.97 Å². The number of esters is 1. The molecule has 18 heavy (non-hydrogen) atoms. The summed E-state index contributed by atoms with van der Waals surface area (Å²) in [7, 11) is 1.38. The molecule has 0 aromatic heterocycles. The third-order valence-electron chi connectivity index (χ3n) is 2.51. The Kier molecular flexibility index (Phi) is 5.16. The average Bonchev–Trinajstić information content (AvgIpc) is 2.36. The smallest absolute Gasteiger partial charge is 0.329 e. The fraction of sp³-hybridized carbons (Fsp3) is 0.500. The van der Waals surface area contributed by atoms with Crippen LogP contribution in [-0.2, 0) is 9.53 Å². The van der Waals surface area contributed by atoms with Crippen molar-refractivity contribution in [3.05, 3.63) is 30.3 Å². The number of hydrogen-bond donors (Lipinski definition) is 1. The lowest BCUT2D eigenvalue weighted by atomic mass is 10.0. The molecule has 1 unspecified atom stereocenters. The summed E-state index contributed by atoms with van der Waals surface area (Å²) in [4.78, 5) is 11.8. The van der Waals surface area contributed by atoms with Gasteiger partial charge in [0.2, 0.25) is 0 Å². The van der Waals surface area contributed by atoms with E-state index in [-0.39, 0.29) is 18.6 Å². The highest BCUT2D eigenvalue weighted by Gasteiger charge is 2.35. The van der Waals surface area contributed by atoms with Crippen molar-refractivity contribution >= 4 is 5.97 Å². The Labute approximate surface area is 108 Å². The van der Waals surface area contributed by atoms with Crippen LogP contribution < -0.4 is 10.1 Å². The number of hydrogen-bond acceptors (Lipinski definition) is 4. The molecular formula is C14H21NO3. The minimum absolute atomic E-state index is 0.161. The lowest BCUT2D eigenvalue weighted by Crippen LogP contribution is -2.56. The molecule has 1 N–H and O–H groups in total. The summed E-state index contributed by atoms with van der Waals surface area (Å²) in [6.45, 7) is 5.96. The third kappa shape index (κ3) is 4.04. The first-order valence-corrected chi connectivity index (χ1v) is 6.02. The lowest BCUT2D eigenvalue weighted by Gasteiger charge is -2.29. The first-order chi connectivity index (χ1) is 8.48. The monoisotopic (exact) mass is 251 g/mol. The molecule has 0 heterocycles. The standard InChI is InChI=1S/C14H21NO3/c1-11(2)15-14(3,13(16)17-4)10-18-12-8-6-5-7-9-12/h5-9,11,15H,10H2,1-4H3. The maximum Gasteiger partial charge on any atom is 0.329 e. The van der Waals surface area contributed by atoms with Crippen molar-refractivity contribution in [3.8, 4) is 5.75 Å². The fourth-order valence-corrected chi connectivity index (χ4v) is 1.77. The first kappa shape index (κ1) is 14.5. The predicted molar refractivity (Wildman–Crippen MR) is 70.6 cm³/mol. The number of carbonyl (C=O) groups excluding carboxylic acids is 1. The Balaban J connectivity index is 2.70. The van der Waals surface area contributed by atoms with Gasteiger partial charge in [-0.25, -0.2) is 4.79 Å². The zero-order valence-corrected chi connectivity index (χ0v) is 11.4. The zero-order chi connectivity index (χ0) is 13.6. The van der Waals surface area contributed by atoms with Crippen LogP contribution in [0.2, 0.25) is 0 Å². The third-order valence-corrected chi connectivity index (χ3v) is 2.51. The van der Waals surface area contributed by atoms with E-state index in [1.54, 1.807) is 6.92 Å². The topological polar surface area (TPSA) is 47.6 Å². The van der Waals surface area contributed by atoms with Gasteiger partial charge < -0.3 is 9.47 Å². The van der Waals surface area contributed by atoms with E-state index in [2.05, 4.69) is 5.32 Å². The molecule has 1 atom stereocenters. The van der Waals surface area contributed by atoms with E-state index in [9.17, 15) is 4.79 Å². The molecule has 0 fully saturated rings. The number of carbonyl (C=O) groups is 1. The molecule has 0 aliphatic rings. The minimum atomic E-state index is -0.848. The molecule has 0 bridgehead atoms. The van der Waals surface area contributed by atoms with Crippen molar-refractivity contribution in [3.63, 3.8) is 0 Å². The van der Waals surface area contributed by atoms with Crippen molar-refractivity contribution < 1.29 is 14.3 Å². The normalized spacial score (nSPS) is 14.1. The Bertz CT molecular complexity index is 378. The quantitative estimate of drug-likeness (QED) is 0.786. The van der Waals surface area contributed by atoms with Crippen molar-refractivity contribution in [1.82, 2.24) is 5.32 Å². The van der Waals surface area contributed by atoms with E-state index in [1.807, 2.05) is 44.2 Å². The van der Waals surface area contributed by atoms with Crippen LogP contribution in [0.1, 0.15) is 20.8 Å². The number of rotatable bonds is 6. The van der Waals surface area contributed by atoms with Crippen LogP contribution in [0.4, 0.5) is 0 Å². The molecule has 4 heteroatoms. The van der Waals surface area contributed by atoms with Gasteiger partial charge in [-0.05, 0) is 32.9 Å². The summed E-state index contributed by atoms with van der Waals surface area (Å²) in [5.74, 6) is 0.408. The van der Waals surface area contributed by atoms with Crippen LogP contribution in [0.5, 0.6) is 5.75 Å². The molecule has 0 aliphatic heterocycles. The fourth-order valence-electron chi connectivity index (χ4n) is 1.77. The van der Waals surface area contributed by atoms with Crippen LogP contribution in [0.15, 0.2) is 30.3 Å². The summed E-state index contributed by atoms with van der Waals surface area (Å²) in [5.41, 5.74) is -0.848. The summed E-state index contributed by atoms with van der Waals surface area (Å²) in [6, 6.07) is 9.56. The second-order valence-corrected chi connectivity index (χ2v) is 4.72. The number of para-hydroxylation sites is 1. The molecular weight excluding hydrogens is 230 g/mol. The molecule has 0 aliphatic carbocycles. The molecule has 4 nitrogen and oxygen atoms in total. The minimum Gasteiger partial charge on any atom is -0.491 e. The lowest BCUT2D eigenvalue weighted by molar-refractivity contribution is -0.149. The van der Waals surface area contributed by atoms with Gasteiger partial charge in [-0.1, -0.05) is 18.2 Å². The Morgan fingerprint density at radius 3 is 2.44 bits per heavy atom. The maximum atomic E-state index is 11.8. The van der Waals surface area contributed by atoms with E-state index in [0.717, 1.165) is 5.75 Å². The van der Waals surface area contributed by atoms with E-state index >= 15 is 0 Å². The molecule has 0 saturated heterocycles. The van der Waals surface area contributed by atoms with E-state index in [4.69, 9.17) is 9.47 Å². The zero-order valence-electron chi connectivity index (χ0n) is 11.4.